The minimum absolute atomic E-state index is 0.832. The molecule has 1 aromatic carbocycles. The maximum atomic E-state index is 4.09. The average Bonchev–Trinajstić information content (AvgIpc) is 2.18. The van der Waals surface area contributed by atoms with E-state index in [1.807, 2.05) is 12.3 Å². The summed E-state index contributed by atoms with van der Waals surface area (Å²) in [5, 5.41) is 0. The second-order valence-electron chi connectivity index (χ2n) is 3.10. The van der Waals surface area contributed by atoms with E-state index in [0.717, 1.165) is 15.7 Å². The van der Waals surface area contributed by atoms with Gasteiger partial charge in [-0.15, -0.1) is 0 Å². The molecule has 0 unspecified atom stereocenters. The molecule has 2 nitrogen and oxygen atoms in total. The van der Waals surface area contributed by atoms with E-state index in [0.29, 0.717) is 0 Å². The standard InChI is InChI=1S/C11H9BrN2/c1-8-3-2-4-9(5-8)10-6-13-7-14-11(10)12/h2-7H,1H3. The smallest absolute Gasteiger partial charge is 0.117 e. The first-order chi connectivity index (χ1) is 6.77. The topological polar surface area (TPSA) is 25.8 Å². The highest BCUT2D eigenvalue weighted by Crippen LogP contribution is 2.25. The molecule has 0 aliphatic heterocycles. The third kappa shape index (κ3) is 1.82. The molecule has 0 amide bonds. The van der Waals surface area contributed by atoms with Crippen LogP contribution in [0.4, 0.5) is 0 Å². The average molecular weight is 249 g/mol. The highest BCUT2D eigenvalue weighted by molar-refractivity contribution is 9.10. The lowest BCUT2D eigenvalue weighted by molar-refractivity contribution is 1.14. The Bertz CT molecular complexity index is 455. The van der Waals surface area contributed by atoms with E-state index in [2.05, 4.69) is 51.0 Å². The zero-order valence-corrected chi connectivity index (χ0v) is 9.32. The van der Waals surface area contributed by atoms with Crippen LogP contribution >= 0.6 is 15.9 Å². The summed E-state index contributed by atoms with van der Waals surface area (Å²) in [5.41, 5.74) is 3.40. The van der Waals surface area contributed by atoms with Crippen molar-refractivity contribution in [3.05, 3.63) is 47.0 Å². The molecule has 70 valence electrons. The molecule has 0 atom stereocenters. The maximum absolute atomic E-state index is 4.09. The Balaban J connectivity index is 2.55. The quantitative estimate of drug-likeness (QED) is 0.725. The summed E-state index contributed by atoms with van der Waals surface area (Å²) >= 11 is 3.41. The van der Waals surface area contributed by atoms with Gasteiger partial charge in [0.15, 0.2) is 0 Å². The van der Waals surface area contributed by atoms with Gasteiger partial charge in [-0.3, -0.25) is 0 Å². The zero-order valence-electron chi connectivity index (χ0n) is 7.74. The van der Waals surface area contributed by atoms with Gasteiger partial charge in [-0.2, -0.15) is 0 Å². The SMILES string of the molecule is Cc1cccc(-c2cncnc2Br)c1. The van der Waals surface area contributed by atoms with Crippen LogP contribution in [0.3, 0.4) is 0 Å². The van der Waals surface area contributed by atoms with Crippen molar-refractivity contribution < 1.29 is 0 Å². The largest absolute Gasteiger partial charge is 0.244 e. The molecule has 3 heteroatoms. The van der Waals surface area contributed by atoms with Crippen LogP contribution in [0.1, 0.15) is 5.56 Å². The van der Waals surface area contributed by atoms with Gasteiger partial charge in [0.1, 0.15) is 10.9 Å². The molecule has 0 fully saturated rings. The summed E-state index contributed by atoms with van der Waals surface area (Å²) in [4.78, 5) is 8.10. The first-order valence-corrected chi connectivity index (χ1v) is 5.09. The number of hydrogen-bond donors (Lipinski definition) is 0. The van der Waals surface area contributed by atoms with Gasteiger partial charge in [0, 0.05) is 11.8 Å². The van der Waals surface area contributed by atoms with Crippen LogP contribution in [0.15, 0.2) is 41.4 Å². The van der Waals surface area contributed by atoms with Gasteiger partial charge < -0.3 is 0 Å². The molecule has 0 saturated heterocycles. The fourth-order valence-corrected chi connectivity index (χ4v) is 1.74. The first kappa shape index (κ1) is 9.34. The molecule has 0 aliphatic rings. The van der Waals surface area contributed by atoms with E-state index in [-0.39, 0.29) is 0 Å². The van der Waals surface area contributed by atoms with Crippen LogP contribution < -0.4 is 0 Å². The molecule has 2 rings (SSSR count). The van der Waals surface area contributed by atoms with E-state index < -0.39 is 0 Å². The van der Waals surface area contributed by atoms with Crippen LogP contribution in [0, 0.1) is 6.92 Å². The predicted molar refractivity (Wildman–Crippen MR) is 59.9 cm³/mol. The fraction of sp³-hybridized carbons (Fsp3) is 0.0909. The van der Waals surface area contributed by atoms with E-state index in [4.69, 9.17) is 0 Å². The molecule has 0 N–H and O–H groups in total. The van der Waals surface area contributed by atoms with Crippen molar-refractivity contribution in [2.24, 2.45) is 0 Å². The fourth-order valence-electron chi connectivity index (χ4n) is 1.32. The lowest BCUT2D eigenvalue weighted by atomic mass is 10.1. The predicted octanol–water partition coefficient (Wildman–Crippen LogP) is 3.21. The third-order valence-electron chi connectivity index (χ3n) is 1.99. The Morgan fingerprint density at radius 2 is 2.14 bits per heavy atom. The van der Waals surface area contributed by atoms with Crippen molar-refractivity contribution in [3.8, 4) is 11.1 Å². The normalized spacial score (nSPS) is 10.1. The van der Waals surface area contributed by atoms with Crippen molar-refractivity contribution in [2.75, 3.05) is 0 Å². The van der Waals surface area contributed by atoms with E-state index in [1.165, 1.54) is 11.9 Å². The van der Waals surface area contributed by atoms with Gasteiger partial charge in [-0.1, -0.05) is 29.8 Å². The Hall–Kier alpha value is -1.22. The number of benzene rings is 1. The van der Waals surface area contributed by atoms with E-state index in [9.17, 15) is 0 Å². The Kier molecular flexibility index (Phi) is 2.59. The minimum Gasteiger partial charge on any atom is -0.244 e. The minimum atomic E-state index is 0.832. The summed E-state index contributed by atoms with van der Waals surface area (Å²) in [6.07, 6.45) is 3.34. The van der Waals surface area contributed by atoms with E-state index >= 15 is 0 Å². The van der Waals surface area contributed by atoms with Gasteiger partial charge in [-0.25, -0.2) is 9.97 Å². The van der Waals surface area contributed by atoms with Crippen molar-refractivity contribution in [3.63, 3.8) is 0 Å². The number of hydrogen-bond acceptors (Lipinski definition) is 2. The van der Waals surface area contributed by atoms with Crippen LogP contribution in [0.25, 0.3) is 11.1 Å². The summed E-state index contributed by atoms with van der Waals surface area (Å²) in [6, 6.07) is 8.27. The van der Waals surface area contributed by atoms with Crippen molar-refractivity contribution >= 4 is 15.9 Å². The highest BCUT2D eigenvalue weighted by atomic mass is 79.9. The van der Waals surface area contributed by atoms with Crippen LogP contribution in [-0.2, 0) is 0 Å². The number of aryl methyl sites for hydroxylation is 1. The molecule has 14 heavy (non-hydrogen) atoms. The van der Waals surface area contributed by atoms with Crippen LogP contribution in [0.5, 0.6) is 0 Å². The molecule has 1 aromatic heterocycles. The Morgan fingerprint density at radius 3 is 2.86 bits per heavy atom. The van der Waals surface area contributed by atoms with Crippen molar-refractivity contribution in [1.29, 1.82) is 0 Å². The molecule has 0 saturated carbocycles. The summed E-state index contributed by atoms with van der Waals surface area (Å²) in [5.74, 6) is 0. The molecule has 0 aliphatic carbocycles. The Morgan fingerprint density at radius 1 is 1.29 bits per heavy atom. The molecule has 0 radical (unpaired) electrons. The second kappa shape index (κ2) is 3.88. The number of nitrogens with zero attached hydrogens (tertiary/aromatic N) is 2. The lowest BCUT2D eigenvalue weighted by Crippen LogP contribution is -1.85. The number of aromatic nitrogens is 2. The molecule has 1 heterocycles. The third-order valence-corrected chi connectivity index (χ3v) is 2.62. The zero-order chi connectivity index (χ0) is 9.97. The van der Waals surface area contributed by atoms with Crippen molar-refractivity contribution in [1.82, 2.24) is 9.97 Å². The molecular formula is C11H9BrN2. The summed E-state index contributed by atoms with van der Waals surface area (Å²) in [6.45, 7) is 2.07. The first-order valence-electron chi connectivity index (χ1n) is 4.30. The monoisotopic (exact) mass is 248 g/mol. The highest BCUT2D eigenvalue weighted by Gasteiger charge is 2.03. The van der Waals surface area contributed by atoms with Gasteiger partial charge >= 0.3 is 0 Å². The molecule has 2 aromatic rings. The summed E-state index contributed by atoms with van der Waals surface area (Å²) in [7, 11) is 0. The number of rotatable bonds is 1. The number of halogens is 1. The van der Waals surface area contributed by atoms with Crippen molar-refractivity contribution in [2.45, 2.75) is 6.92 Å². The molecular weight excluding hydrogens is 240 g/mol. The summed E-state index contributed by atoms with van der Waals surface area (Å²) < 4.78 is 0.832. The van der Waals surface area contributed by atoms with Gasteiger partial charge in [0.25, 0.3) is 0 Å². The second-order valence-corrected chi connectivity index (χ2v) is 3.85. The molecule has 0 bridgehead atoms. The van der Waals surface area contributed by atoms with Gasteiger partial charge in [-0.05, 0) is 28.4 Å². The van der Waals surface area contributed by atoms with Gasteiger partial charge in [0.2, 0.25) is 0 Å². The Labute approximate surface area is 91.2 Å². The maximum Gasteiger partial charge on any atom is 0.117 e. The van der Waals surface area contributed by atoms with E-state index in [1.54, 1.807) is 0 Å². The van der Waals surface area contributed by atoms with Crippen LogP contribution in [-0.4, -0.2) is 9.97 Å². The lowest BCUT2D eigenvalue weighted by Gasteiger charge is -2.03. The molecule has 0 spiro atoms. The van der Waals surface area contributed by atoms with Gasteiger partial charge in [0.05, 0.1) is 0 Å². The van der Waals surface area contributed by atoms with Crippen LogP contribution in [0.2, 0.25) is 0 Å².